The maximum absolute atomic E-state index is 12.2. The van der Waals surface area contributed by atoms with Crippen LogP contribution in [-0.4, -0.2) is 34.4 Å². The highest BCUT2D eigenvalue weighted by atomic mass is 16.7. The van der Waals surface area contributed by atoms with Gasteiger partial charge in [0, 0.05) is 24.7 Å². The molecule has 3 aromatic rings. The normalized spacial score (nSPS) is 12.2. The summed E-state index contributed by atoms with van der Waals surface area (Å²) in [6, 6.07) is 10.5. The number of benzene rings is 1. The molecule has 0 saturated heterocycles. The van der Waals surface area contributed by atoms with Crippen molar-refractivity contribution in [1.29, 1.82) is 0 Å². The van der Waals surface area contributed by atoms with E-state index in [2.05, 4.69) is 20.5 Å². The van der Waals surface area contributed by atoms with E-state index in [1.165, 1.54) is 0 Å². The van der Waals surface area contributed by atoms with E-state index in [-0.39, 0.29) is 12.7 Å². The van der Waals surface area contributed by atoms with Crippen molar-refractivity contribution in [3.63, 3.8) is 0 Å². The van der Waals surface area contributed by atoms with Crippen LogP contribution in [0.1, 0.15) is 16.2 Å². The third-order valence-electron chi connectivity index (χ3n) is 3.61. The van der Waals surface area contributed by atoms with Gasteiger partial charge in [-0.15, -0.1) is 10.2 Å². The van der Waals surface area contributed by atoms with Gasteiger partial charge < -0.3 is 19.2 Å². The van der Waals surface area contributed by atoms with Gasteiger partial charge in [-0.1, -0.05) is 6.07 Å². The van der Waals surface area contributed by atoms with E-state index in [1.807, 2.05) is 12.1 Å². The molecule has 1 aliphatic rings. The summed E-state index contributed by atoms with van der Waals surface area (Å²) in [6.07, 6.45) is 2.08. The molecule has 0 fully saturated rings. The minimum absolute atomic E-state index is 0.177. The van der Waals surface area contributed by atoms with Gasteiger partial charge in [-0.2, -0.15) is 0 Å². The van der Waals surface area contributed by atoms with Gasteiger partial charge in [0.15, 0.2) is 11.5 Å². The quantitative estimate of drug-likeness (QED) is 0.757. The highest BCUT2D eigenvalue weighted by molar-refractivity contribution is 5.94. The van der Waals surface area contributed by atoms with Gasteiger partial charge in [-0.3, -0.25) is 9.78 Å². The minimum Gasteiger partial charge on any atom is -0.454 e. The van der Waals surface area contributed by atoms with Crippen LogP contribution < -0.4 is 14.8 Å². The van der Waals surface area contributed by atoms with E-state index in [9.17, 15) is 4.79 Å². The number of rotatable bonds is 5. The summed E-state index contributed by atoms with van der Waals surface area (Å²) in [7, 11) is 0. The Morgan fingerprint density at radius 3 is 2.92 bits per heavy atom. The number of nitrogens with zero attached hydrogens (tertiary/aromatic N) is 3. The Morgan fingerprint density at radius 1 is 1.12 bits per heavy atom. The summed E-state index contributed by atoms with van der Waals surface area (Å²) in [5.41, 5.74) is 1.12. The lowest BCUT2D eigenvalue weighted by Crippen LogP contribution is -2.25. The van der Waals surface area contributed by atoms with Crippen molar-refractivity contribution in [1.82, 2.24) is 20.5 Å². The number of amides is 1. The SMILES string of the molecule is O=C(NCCc1nnc(-c2ccccn2)o1)c1ccc2c(c1)OCO2. The molecule has 0 bridgehead atoms. The number of carbonyl (C=O) groups excluding carboxylic acids is 1. The van der Waals surface area contributed by atoms with E-state index in [1.54, 1.807) is 30.5 Å². The molecule has 0 aliphatic carbocycles. The van der Waals surface area contributed by atoms with E-state index in [0.29, 0.717) is 47.5 Å². The van der Waals surface area contributed by atoms with E-state index in [4.69, 9.17) is 13.9 Å². The van der Waals surface area contributed by atoms with Gasteiger partial charge >= 0.3 is 0 Å². The van der Waals surface area contributed by atoms with Crippen LogP contribution in [0.25, 0.3) is 11.6 Å². The monoisotopic (exact) mass is 338 g/mol. The Hall–Kier alpha value is -3.42. The van der Waals surface area contributed by atoms with Crippen molar-refractivity contribution in [3.05, 3.63) is 54.0 Å². The van der Waals surface area contributed by atoms with Crippen LogP contribution in [0.5, 0.6) is 11.5 Å². The molecule has 1 aliphatic heterocycles. The predicted octanol–water partition coefficient (Wildman–Crippen LogP) is 1.83. The second-order valence-corrected chi connectivity index (χ2v) is 5.29. The average Bonchev–Trinajstić information content (AvgIpc) is 3.31. The second kappa shape index (κ2) is 6.60. The fourth-order valence-corrected chi connectivity index (χ4v) is 2.37. The molecule has 1 amide bonds. The van der Waals surface area contributed by atoms with Crippen LogP contribution in [0.4, 0.5) is 0 Å². The first-order valence-corrected chi connectivity index (χ1v) is 7.71. The zero-order valence-corrected chi connectivity index (χ0v) is 13.1. The molecule has 25 heavy (non-hydrogen) atoms. The van der Waals surface area contributed by atoms with Crippen molar-refractivity contribution in [2.75, 3.05) is 13.3 Å². The Morgan fingerprint density at radius 2 is 2.04 bits per heavy atom. The maximum Gasteiger partial charge on any atom is 0.266 e. The smallest absolute Gasteiger partial charge is 0.266 e. The van der Waals surface area contributed by atoms with Crippen molar-refractivity contribution in [2.24, 2.45) is 0 Å². The molecule has 8 nitrogen and oxygen atoms in total. The zero-order valence-electron chi connectivity index (χ0n) is 13.1. The van der Waals surface area contributed by atoms with Crippen LogP contribution >= 0.6 is 0 Å². The lowest BCUT2D eigenvalue weighted by atomic mass is 10.2. The molecular weight excluding hydrogens is 324 g/mol. The van der Waals surface area contributed by atoms with Gasteiger partial charge in [-0.25, -0.2) is 0 Å². The molecule has 126 valence electrons. The summed E-state index contributed by atoms with van der Waals surface area (Å²) in [5, 5.41) is 10.7. The van der Waals surface area contributed by atoms with Crippen LogP contribution in [0, 0.1) is 0 Å². The largest absolute Gasteiger partial charge is 0.454 e. The molecule has 1 N–H and O–H groups in total. The van der Waals surface area contributed by atoms with Crippen LogP contribution in [0.3, 0.4) is 0 Å². The number of pyridine rings is 1. The van der Waals surface area contributed by atoms with E-state index >= 15 is 0 Å². The van der Waals surface area contributed by atoms with Gasteiger partial charge in [0.2, 0.25) is 12.7 Å². The molecule has 4 rings (SSSR count). The summed E-state index contributed by atoms with van der Waals surface area (Å²) < 4.78 is 16.0. The number of fused-ring (bicyclic) bond motifs is 1. The Bertz CT molecular complexity index is 895. The van der Waals surface area contributed by atoms with Gasteiger partial charge in [0.1, 0.15) is 5.69 Å². The molecule has 3 heterocycles. The lowest BCUT2D eigenvalue weighted by Gasteiger charge is -2.04. The average molecular weight is 338 g/mol. The highest BCUT2D eigenvalue weighted by Crippen LogP contribution is 2.32. The number of hydrogen-bond acceptors (Lipinski definition) is 7. The molecule has 0 atom stereocenters. The third-order valence-corrected chi connectivity index (χ3v) is 3.61. The maximum atomic E-state index is 12.2. The van der Waals surface area contributed by atoms with Gasteiger partial charge in [-0.05, 0) is 30.3 Å². The summed E-state index contributed by atoms with van der Waals surface area (Å²) >= 11 is 0. The Balaban J connectivity index is 1.33. The van der Waals surface area contributed by atoms with Crippen LogP contribution in [0.2, 0.25) is 0 Å². The van der Waals surface area contributed by atoms with E-state index in [0.717, 1.165) is 0 Å². The topological polar surface area (TPSA) is 99.4 Å². The van der Waals surface area contributed by atoms with Gasteiger partial charge in [0.05, 0.1) is 0 Å². The lowest BCUT2D eigenvalue weighted by molar-refractivity contribution is 0.0953. The molecule has 0 unspecified atom stereocenters. The summed E-state index contributed by atoms with van der Waals surface area (Å²) in [4.78, 5) is 16.3. The first kappa shape index (κ1) is 15.1. The molecule has 1 aromatic carbocycles. The third kappa shape index (κ3) is 3.27. The summed E-state index contributed by atoms with van der Waals surface area (Å²) in [6.45, 7) is 0.549. The molecule has 2 aromatic heterocycles. The predicted molar refractivity (Wildman–Crippen MR) is 86.1 cm³/mol. The minimum atomic E-state index is -0.206. The number of carbonyl (C=O) groups is 1. The fraction of sp³-hybridized carbons (Fsp3) is 0.176. The van der Waals surface area contributed by atoms with Crippen molar-refractivity contribution in [3.8, 4) is 23.1 Å². The first-order valence-electron chi connectivity index (χ1n) is 7.71. The summed E-state index contributed by atoms with van der Waals surface area (Å²) in [5.74, 6) is 1.81. The van der Waals surface area contributed by atoms with Crippen LogP contribution in [-0.2, 0) is 6.42 Å². The van der Waals surface area contributed by atoms with Crippen molar-refractivity contribution in [2.45, 2.75) is 6.42 Å². The Labute approximate surface area is 142 Å². The van der Waals surface area contributed by atoms with Crippen molar-refractivity contribution >= 4 is 5.91 Å². The number of ether oxygens (including phenoxy) is 2. The number of hydrogen-bond donors (Lipinski definition) is 1. The number of aromatic nitrogens is 3. The standard InChI is InChI=1S/C17H14N4O4/c22-16(11-4-5-13-14(9-11)24-10-23-13)19-8-6-15-20-21-17(25-15)12-3-1-2-7-18-12/h1-5,7,9H,6,8,10H2,(H,19,22). The van der Waals surface area contributed by atoms with E-state index < -0.39 is 0 Å². The van der Waals surface area contributed by atoms with Gasteiger partial charge in [0.25, 0.3) is 11.8 Å². The second-order valence-electron chi connectivity index (χ2n) is 5.29. The fourth-order valence-electron chi connectivity index (χ4n) is 2.37. The number of nitrogens with one attached hydrogen (secondary N) is 1. The first-order chi connectivity index (χ1) is 12.3. The van der Waals surface area contributed by atoms with Crippen LogP contribution in [0.15, 0.2) is 47.0 Å². The molecule has 0 radical (unpaired) electrons. The van der Waals surface area contributed by atoms with Crippen molar-refractivity contribution < 1.29 is 18.7 Å². The Kier molecular flexibility index (Phi) is 3.99. The molecule has 0 spiro atoms. The molecule has 0 saturated carbocycles. The molecule has 8 heteroatoms. The molecular formula is C17H14N4O4. The highest BCUT2D eigenvalue weighted by Gasteiger charge is 2.16. The zero-order chi connectivity index (χ0) is 17.1.